The summed E-state index contributed by atoms with van der Waals surface area (Å²) >= 11 is 0. The van der Waals surface area contributed by atoms with Crippen LogP contribution in [0, 0.1) is 0 Å². The van der Waals surface area contributed by atoms with Crippen LogP contribution in [0.5, 0.6) is 0 Å². The number of likely N-dealkylation sites (tertiary alicyclic amines) is 1. The summed E-state index contributed by atoms with van der Waals surface area (Å²) in [6.45, 7) is 2.97. The topological polar surface area (TPSA) is 78.6 Å². The number of amides is 2. The Bertz CT molecular complexity index is 181. The molecule has 4 N–H and O–H groups in total. The molecule has 0 aromatic rings. The Kier molecular flexibility index (Phi) is 4.69. The zero-order chi connectivity index (χ0) is 10.4. The van der Waals surface area contributed by atoms with Crippen LogP contribution in [-0.2, 0) is 0 Å². The van der Waals surface area contributed by atoms with Gasteiger partial charge in [-0.15, -0.1) is 0 Å². The van der Waals surface area contributed by atoms with E-state index >= 15 is 0 Å². The number of urea groups is 1. The van der Waals surface area contributed by atoms with Crippen molar-refractivity contribution in [3.05, 3.63) is 0 Å². The van der Waals surface area contributed by atoms with Crippen molar-refractivity contribution in [2.75, 3.05) is 26.2 Å². The van der Waals surface area contributed by atoms with Gasteiger partial charge in [0.05, 0.1) is 6.10 Å². The highest BCUT2D eigenvalue weighted by molar-refractivity contribution is 5.71. The standard InChI is InChI=1S/C9H19N3O2/c10-9(14)11-6-8(13)7-12-4-2-1-3-5-12/h8,13H,1-7H2,(H3,10,11,14). The van der Waals surface area contributed by atoms with Gasteiger partial charge in [-0.2, -0.15) is 0 Å². The molecule has 1 atom stereocenters. The first-order chi connectivity index (χ1) is 6.68. The average molecular weight is 201 g/mol. The van der Waals surface area contributed by atoms with Crippen molar-refractivity contribution in [2.45, 2.75) is 25.4 Å². The first kappa shape index (κ1) is 11.3. The monoisotopic (exact) mass is 201 g/mol. The highest BCUT2D eigenvalue weighted by atomic mass is 16.3. The SMILES string of the molecule is NC(=O)NCC(O)CN1CCCCC1. The number of hydrogen-bond donors (Lipinski definition) is 3. The van der Waals surface area contributed by atoms with Crippen LogP contribution in [0.15, 0.2) is 0 Å². The summed E-state index contributed by atoms with van der Waals surface area (Å²) in [4.78, 5) is 12.6. The Morgan fingerprint density at radius 2 is 2.07 bits per heavy atom. The third-order valence-electron chi connectivity index (χ3n) is 2.43. The van der Waals surface area contributed by atoms with Crippen LogP contribution >= 0.6 is 0 Å². The predicted octanol–water partition coefficient (Wildman–Crippen LogP) is -0.499. The fraction of sp³-hybridized carbons (Fsp3) is 0.889. The number of aliphatic hydroxyl groups is 1. The van der Waals surface area contributed by atoms with Gasteiger partial charge < -0.3 is 21.1 Å². The second-order valence-corrected chi connectivity index (χ2v) is 3.76. The molecule has 0 aliphatic carbocycles. The molecule has 0 aromatic carbocycles. The van der Waals surface area contributed by atoms with Gasteiger partial charge in [-0.05, 0) is 25.9 Å². The number of primary amides is 1. The minimum atomic E-state index is -0.581. The number of piperidine rings is 1. The molecule has 14 heavy (non-hydrogen) atoms. The lowest BCUT2D eigenvalue weighted by molar-refractivity contribution is 0.102. The molecular formula is C9H19N3O2. The quantitative estimate of drug-likeness (QED) is 0.574. The number of hydrogen-bond acceptors (Lipinski definition) is 3. The van der Waals surface area contributed by atoms with Crippen LogP contribution in [-0.4, -0.2) is 48.3 Å². The molecule has 0 saturated carbocycles. The van der Waals surface area contributed by atoms with E-state index < -0.39 is 12.1 Å². The number of β-amino-alcohol motifs (C(OH)–C–C–N with tert-alkyl or cyclic N) is 1. The zero-order valence-electron chi connectivity index (χ0n) is 8.41. The summed E-state index contributed by atoms with van der Waals surface area (Å²) < 4.78 is 0. The van der Waals surface area contributed by atoms with Crippen molar-refractivity contribution in [3.8, 4) is 0 Å². The lowest BCUT2D eigenvalue weighted by Gasteiger charge is -2.28. The first-order valence-electron chi connectivity index (χ1n) is 5.12. The molecule has 1 aliphatic heterocycles. The van der Waals surface area contributed by atoms with E-state index in [0.717, 1.165) is 13.1 Å². The van der Waals surface area contributed by atoms with Crippen molar-refractivity contribution in [3.63, 3.8) is 0 Å². The molecule has 1 saturated heterocycles. The fourth-order valence-electron chi connectivity index (χ4n) is 1.72. The van der Waals surface area contributed by atoms with Crippen molar-refractivity contribution in [2.24, 2.45) is 5.73 Å². The Labute approximate surface area is 84.3 Å². The maximum Gasteiger partial charge on any atom is 0.312 e. The Hall–Kier alpha value is -0.810. The second-order valence-electron chi connectivity index (χ2n) is 3.76. The molecule has 1 unspecified atom stereocenters. The molecule has 0 spiro atoms. The summed E-state index contributed by atoms with van der Waals surface area (Å²) in [5.41, 5.74) is 4.90. The van der Waals surface area contributed by atoms with Crippen LogP contribution in [0.4, 0.5) is 4.79 Å². The van der Waals surface area contributed by atoms with Crippen LogP contribution < -0.4 is 11.1 Å². The molecule has 1 fully saturated rings. The van der Waals surface area contributed by atoms with Gasteiger partial charge in [0.15, 0.2) is 0 Å². The number of nitrogens with two attached hydrogens (primary N) is 1. The average Bonchev–Trinajstić information content (AvgIpc) is 2.16. The van der Waals surface area contributed by atoms with Gasteiger partial charge in [-0.1, -0.05) is 6.42 Å². The lowest BCUT2D eigenvalue weighted by atomic mass is 10.1. The molecule has 1 aliphatic rings. The number of nitrogens with zero attached hydrogens (tertiary/aromatic N) is 1. The summed E-state index contributed by atoms with van der Waals surface area (Å²) in [6.07, 6.45) is 3.18. The normalized spacial score (nSPS) is 20.4. The minimum Gasteiger partial charge on any atom is -0.390 e. The summed E-state index contributed by atoms with van der Waals surface area (Å²) in [7, 11) is 0. The largest absolute Gasteiger partial charge is 0.390 e. The number of nitrogens with one attached hydrogen (secondary N) is 1. The first-order valence-corrected chi connectivity index (χ1v) is 5.12. The fourth-order valence-corrected chi connectivity index (χ4v) is 1.72. The van der Waals surface area contributed by atoms with Crippen molar-refractivity contribution in [1.29, 1.82) is 0 Å². The van der Waals surface area contributed by atoms with Crippen LogP contribution in [0.2, 0.25) is 0 Å². The van der Waals surface area contributed by atoms with Crippen LogP contribution in [0.25, 0.3) is 0 Å². The molecule has 2 amide bonds. The van der Waals surface area contributed by atoms with E-state index in [1.807, 2.05) is 0 Å². The molecule has 1 rings (SSSR count). The molecule has 0 aromatic heterocycles. The molecule has 0 radical (unpaired) electrons. The van der Waals surface area contributed by atoms with Gasteiger partial charge in [-0.3, -0.25) is 0 Å². The van der Waals surface area contributed by atoms with Gasteiger partial charge in [0.1, 0.15) is 0 Å². The Morgan fingerprint density at radius 3 is 2.64 bits per heavy atom. The summed E-state index contributed by atoms with van der Waals surface area (Å²) in [5, 5.41) is 11.9. The molecule has 82 valence electrons. The van der Waals surface area contributed by atoms with Gasteiger partial charge in [0, 0.05) is 13.1 Å². The van der Waals surface area contributed by atoms with E-state index in [9.17, 15) is 9.90 Å². The van der Waals surface area contributed by atoms with E-state index in [-0.39, 0.29) is 6.54 Å². The van der Waals surface area contributed by atoms with Gasteiger partial charge in [0.25, 0.3) is 0 Å². The molecule has 5 heteroatoms. The van der Waals surface area contributed by atoms with Crippen molar-refractivity contribution >= 4 is 6.03 Å². The molecule has 1 heterocycles. The predicted molar refractivity (Wildman–Crippen MR) is 53.9 cm³/mol. The zero-order valence-corrected chi connectivity index (χ0v) is 8.41. The molecule has 0 bridgehead atoms. The second kappa shape index (κ2) is 5.82. The maximum atomic E-state index is 10.4. The third-order valence-corrected chi connectivity index (χ3v) is 2.43. The Balaban J connectivity index is 2.11. The van der Waals surface area contributed by atoms with E-state index in [1.54, 1.807) is 0 Å². The van der Waals surface area contributed by atoms with Crippen LogP contribution in [0.1, 0.15) is 19.3 Å². The van der Waals surface area contributed by atoms with Gasteiger partial charge >= 0.3 is 6.03 Å². The number of aliphatic hydroxyl groups excluding tert-OH is 1. The number of carbonyl (C=O) groups is 1. The summed E-state index contributed by atoms with van der Waals surface area (Å²) in [6, 6.07) is -0.581. The van der Waals surface area contributed by atoms with Crippen molar-refractivity contribution in [1.82, 2.24) is 10.2 Å². The lowest BCUT2D eigenvalue weighted by Crippen LogP contribution is -2.43. The van der Waals surface area contributed by atoms with E-state index in [2.05, 4.69) is 10.2 Å². The maximum absolute atomic E-state index is 10.4. The van der Waals surface area contributed by atoms with E-state index in [4.69, 9.17) is 5.73 Å². The van der Waals surface area contributed by atoms with Gasteiger partial charge in [-0.25, -0.2) is 4.79 Å². The van der Waals surface area contributed by atoms with Gasteiger partial charge in [0.2, 0.25) is 0 Å². The van der Waals surface area contributed by atoms with E-state index in [0.29, 0.717) is 6.54 Å². The molecule has 5 nitrogen and oxygen atoms in total. The van der Waals surface area contributed by atoms with Crippen LogP contribution in [0.3, 0.4) is 0 Å². The smallest absolute Gasteiger partial charge is 0.312 e. The Morgan fingerprint density at radius 1 is 1.43 bits per heavy atom. The third kappa shape index (κ3) is 4.43. The summed E-state index contributed by atoms with van der Waals surface area (Å²) in [5.74, 6) is 0. The highest BCUT2D eigenvalue weighted by Gasteiger charge is 2.14. The van der Waals surface area contributed by atoms with Crippen molar-refractivity contribution < 1.29 is 9.90 Å². The molecular weight excluding hydrogens is 182 g/mol. The highest BCUT2D eigenvalue weighted by Crippen LogP contribution is 2.08. The minimum absolute atomic E-state index is 0.242. The number of carbonyl (C=O) groups excluding carboxylic acids is 1. The number of rotatable bonds is 4. The van der Waals surface area contributed by atoms with E-state index in [1.165, 1.54) is 19.3 Å².